The lowest BCUT2D eigenvalue weighted by Crippen LogP contribution is -2.36. The standard InChI is InChI=1S/C23H21FN4O3S/c1-14-19-11-20(32-23(19)28(27-14)17-7-5-16(24)6-8-17)22(30)26-13-21(29)25-12-15-3-9-18(31-2)10-4-15/h3-11H,12-13H2,1-2H3,(H,25,29)(H,26,30). The van der Waals surface area contributed by atoms with Gasteiger partial charge in [0.25, 0.3) is 5.91 Å². The third kappa shape index (κ3) is 4.62. The van der Waals surface area contributed by atoms with Gasteiger partial charge in [-0.2, -0.15) is 5.10 Å². The first-order chi connectivity index (χ1) is 15.4. The van der Waals surface area contributed by atoms with Crippen molar-refractivity contribution in [3.63, 3.8) is 0 Å². The van der Waals surface area contributed by atoms with Gasteiger partial charge in [-0.15, -0.1) is 11.3 Å². The van der Waals surface area contributed by atoms with Gasteiger partial charge in [0.05, 0.1) is 29.9 Å². The van der Waals surface area contributed by atoms with Crippen LogP contribution in [0.3, 0.4) is 0 Å². The minimum atomic E-state index is -0.337. The summed E-state index contributed by atoms with van der Waals surface area (Å²) < 4.78 is 20.0. The van der Waals surface area contributed by atoms with Crippen molar-refractivity contribution in [2.24, 2.45) is 0 Å². The number of benzene rings is 2. The van der Waals surface area contributed by atoms with Gasteiger partial charge in [-0.3, -0.25) is 9.59 Å². The van der Waals surface area contributed by atoms with Crippen LogP contribution in [0.15, 0.2) is 54.6 Å². The van der Waals surface area contributed by atoms with E-state index in [1.54, 1.807) is 30.0 Å². The zero-order valence-electron chi connectivity index (χ0n) is 17.5. The molecule has 0 atom stereocenters. The van der Waals surface area contributed by atoms with Crippen molar-refractivity contribution in [3.05, 3.63) is 76.5 Å². The molecule has 2 aromatic carbocycles. The Labute approximate surface area is 187 Å². The summed E-state index contributed by atoms with van der Waals surface area (Å²) in [5.41, 5.74) is 2.39. The van der Waals surface area contributed by atoms with Gasteiger partial charge in [0, 0.05) is 11.9 Å². The monoisotopic (exact) mass is 452 g/mol. The summed E-state index contributed by atoms with van der Waals surface area (Å²) in [6.07, 6.45) is 0. The maximum Gasteiger partial charge on any atom is 0.261 e. The molecule has 0 spiro atoms. The average Bonchev–Trinajstić information content (AvgIpc) is 3.37. The van der Waals surface area contributed by atoms with Crippen molar-refractivity contribution in [2.75, 3.05) is 13.7 Å². The lowest BCUT2D eigenvalue weighted by atomic mass is 10.2. The summed E-state index contributed by atoms with van der Waals surface area (Å²) in [5.74, 6) is -0.210. The number of rotatable bonds is 7. The first-order valence-corrected chi connectivity index (χ1v) is 10.7. The molecule has 164 valence electrons. The van der Waals surface area contributed by atoms with Crippen LogP contribution in [0.2, 0.25) is 0 Å². The fourth-order valence-electron chi connectivity index (χ4n) is 3.17. The fourth-order valence-corrected chi connectivity index (χ4v) is 4.27. The van der Waals surface area contributed by atoms with Crippen molar-refractivity contribution in [1.29, 1.82) is 0 Å². The van der Waals surface area contributed by atoms with E-state index in [-0.39, 0.29) is 24.2 Å². The second kappa shape index (κ2) is 9.19. The number of fused-ring (bicyclic) bond motifs is 1. The van der Waals surface area contributed by atoms with E-state index in [0.29, 0.717) is 17.1 Å². The molecule has 2 aromatic heterocycles. The maximum absolute atomic E-state index is 13.2. The summed E-state index contributed by atoms with van der Waals surface area (Å²) >= 11 is 1.27. The summed E-state index contributed by atoms with van der Waals surface area (Å²) in [6.45, 7) is 2.07. The van der Waals surface area contributed by atoms with E-state index in [1.165, 1.54) is 23.5 Å². The molecule has 32 heavy (non-hydrogen) atoms. The van der Waals surface area contributed by atoms with Crippen molar-refractivity contribution in [1.82, 2.24) is 20.4 Å². The second-order valence-electron chi connectivity index (χ2n) is 7.11. The lowest BCUT2D eigenvalue weighted by molar-refractivity contribution is -0.120. The van der Waals surface area contributed by atoms with Gasteiger partial charge in [0.2, 0.25) is 5.91 Å². The molecule has 0 radical (unpaired) electrons. The number of aryl methyl sites for hydroxylation is 1. The predicted molar refractivity (Wildman–Crippen MR) is 121 cm³/mol. The molecule has 0 aliphatic rings. The Bertz CT molecular complexity index is 1260. The second-order valence-corrected chi connectivity index (χ2v) is 8.14. The summed E-state index contributed by atoms with van der Waals surface area (Å²) in [5, 5.41) is 10.8. The van der Waals surface area contributed by atoms with Crippen LogP contribution in [0.1, 0.15) is 20.9 Å². The number of carbonyl (C=O) groups excluding carboxylic acids is 2. The van der Waals surface area contributed by atoms with Gasteiger partial charge in [0.1, 0.15) is 16.4 Å². The molecule has 0 bridgehead atoms. The van der Waals surface area contributed by atoms with Crippen LogP contribution in [0.4, 0.5) is 4.39 Å². The van der Waals surface area contributed by atoms with E-state index < -0.39 is 0 Å². The van der Waals surface area contributed by atoms with Crippen LogP contribution in [0.5, 0.6) is 5.75 Å². The number of amides is 2. The number of hydrogen-bond donors (Lipinski definition) is 2. The number of hydrogen-bond acceptors (Lipinski definition) is 5. The normalized spacial score (nSPS) is 10.8. The van der Waals surface area contributed by atoms with Crippen molar-refractivity contribution < 1.29 is 18.7 Å². The molecule has 0 aliphatic carbocycles. The molecule has 0 fully saturated rings. The van der Waals surface area contributed by atoms with Crippen LogP contribution in [0, 0.1) is 12.7 Å². The van der Waals surface area contributed by atoms with Crippen LogP contribution in [-0.2, 0) is 11.3 Å². The van der Waals surface area contributed by atoms with Gasteiger partial charge in [-0.25, -0.2) is 9.07 Å². The van der Waals surface area contributed by atoms with Crippen molar-refractivity contribution >= 4 is 33.4 Å². The Morgan fingerprint density at radius 3 is 2.50 bits per heavy atom. The number of nitrogens with one attached hydrogen (secondary N) is 2. The Kier molecular flexibility index (Phi) is 6.18. The summed E-state index contributed by atoms with van der Waals surface area (Å²) in [6, 6.07) is 15.1. The number of thiophene rings is 1. The first-order valence-electron chi connectivity index (χ1n) is 9.87. The van der Waals surface area contributed by atoms with Crippen LogP contribution in [0.25, 0.3) is 15.9 Å². The smallest absolute Gasteiger partial charge is 0.261 e. The molecule has 7 nitrogen and oxygen atoms in total. The van der Waals surface area contributed by atoms with Gasteiger partial charge in [-0.05, 0) is 55.0 Å². The van der Waals surface area contributed by atoms with E-state index in [2.05, 4.69) is 15.7 Å². The quantitative estimate of drug-likeness (QED) is 0.449. The number of methoxy groups -OCH3 is 1. The molecule has 4 rings (SSSR count). The summed E-state index contributed by atoms with van der Waals surface area (Å²) in [7, 11) is 1.59. The SMILES string of the molecule is COc1ccc(CNC(=O)CNC(=O)c2cc3c(C)nn(-c4ccc(F)cc4)c3s2)cc1. The molecule has 4 aromatic rings. The van der Waals surface area contributed by atoms with E-state index in [0.717, 1.165) is 27.2 Å². The molecule has 9 heteroatoms. The maximum atomic E-state index is 13.2. The molecule has 2 N–H and O–H groups in total. The molecule has 2 heterocycles. The zero-order valence-corrected chi connectivity index (χ0v) is 18.3. The largest absolute Gasteiger partial charge is 0.497 e. The predicted octanol–water partition coefficient (Wildman–Crippen LogP) is 3.59. The average molecular weight is 453 g/mol. The lowest BCUT2D eigenvalue weighted by Gasteiger charge is -2.07. The highest BCUT2D eigenvalue weighted by Gasteiger charge is 2.17. The number of aromatic nitrogens is 2. The highest BCUT2D eigenvalue weighted by molar-refractivity contribution is 7.20. The highest BCUT2D eigenvalue weighted by atomic mass is 32.1. The number of nitrogens with zero attached hydrogens (tertiary/aromatic N) is 2. The minimum Gasteiger partial charge on any atom is -0.497 e. The van der Waals surface area contributed by atoms with Crippen LogP contribution >= 0.6 is 11.3 Å². The topological polar surface area (TPSA) is 85.2 Å². The third-order valence-corrected chi connectivity index (χ3v) is 6.01. The van der Waals surface area contributed by atoms with E-state index >= 15 is 0 Å². The van der Waals surface area contributed by atoms with E-state index in [4.69, 9.17) is 4.74 Å². The van der Waals surface area contributed by atoms with Gasteiger partial charge >= 0.3 is 0 Å². The molecule has 2 amide bonds. The Morgan fingerprint density at radius 1 is 1.09 bits per heavy atom. The highest BCUT2D eigenvalue weighted by Crippen LogP contribution is 2.30. The molecular weight excluding hydrogens is 431 g/mol. The zero-order chi connectivity index (χ0) is 22.7. The van der Waals surface area contributed by atoms with Gasteiger partial charge < -0.3 is 15.4 Å². The third-order valence-electron chi connectivity index (χ3n) is 4.90. The van der Waals surface area contributed by atoms with Crippen LogP contribution in [-0.4, -0.2) is 35.2 Å². The van der Waals surface area contributed by atoms with Gasteiger partial charge in [0.15, 0.2) is 0 Å². The van der Waals surface area contributed by atoms with Crippen molar-refractivity contribution in [2.45, 2.75) is 13.5 Å². The molecular formula is C23H21FN4O3S. The van der Waals surface area contributed by atoms with E-state index in [9.17, 15) is 14.0 Å². The first kappa shape index (κ1) is 21.5. The van der Waals surface area contributed by atoms with Gasteiger partial charge in [-0.1, -0.05) is 12.1 Å². The van der Waals surface area contributed by atoms with Crippen molar-refractivity contribution in [3.8, 4) is 11.4 Å². The molecule has 0 aliphatic heterocycles. The molecule has 0 saturated heterocycles. The number of carbonyl (C=O) groups is 2. The Morgan fingerprint density at radius 2 is 1.81 bits per heavy atom. The van der Waals surface area contributed by atoms with Crippen LogP contribution < -0.4 is 15.4 Å². The number of ether oxygens (including phenoxy) is 1. The minimum absolute atomic E-state index is 0.133. The Hall–Kier alpha value is -3.72. The Balaban J connectivity index is 1.38. The number of halogens is 1. The summed E-state index contributed by atoms with van der Waals surface area (Å²) in [4.78, 5) is 26.0. The van der Waals surface area contributed by atoms with E-state index in [1.807, 2.05) is 31.2 Å². The molecule has 0 saturated carbocycles. The fraction of sp³-hybridized carbons (Fsp3) is 0.174. The molecule has 0 unspecified atom stereocenters.